The van der Waals surface area contributed by atoms with Crippen molar-refractivity contribution in [2.24, 2.45) is 5.73 Å². The van der Waals surface area contributed by atoms with Crippen LogP contribution >= 0.6 is 15.9 Å². The van der Waals surface area contributed by atoms with Crippen LogP contribution < -0.4 is 5.73 Å². The van der Waals surface area contributed by atoms with Gasteiger partial charge >= 0.3 is 0 Å². The van der Waals surface area contributed by atoms with E-state index in [-0.39, 0.29) is 27.9 Å². The molecule has 88 valence electrons. The van der Waals surface area contributed by atoms with E-state index in [1.807, 2.05) is 0 Å². The van der Waals surface area contributed by atoms with Gasteiger partial charge in [0.15, 0.2) is 0 Å². The molecule has 1 rings (SSSR count). The first-order valence-electron chi connectivity index (χ1n) is 4.45. The number of rotatable bonds is 4. The van der Waals surface area contributed by atoms with Gasteiger partial charge in [-0.25, -0.2) is 0 Å². The molecule has 0 bridgehead atoms. The Labute approximate surface area is 99.3 Å². The van der Waals surface area contributed by atoms with E-state index in [0.717, 1.165) is 6.07 Å². The topological polar surface area (TPSA) is 89.4 Å². The molecular weight excluding hydrogens is 283 g/mol. The van der Waals surface area contributed by atoms with Gasteiger partial charge < -0.3 is 10.8 Å². The number of hydrogen-bond donors (Lipinski definition) is 2. The second-order valence-electron chi connectivity index (χ2n) is 3.21. The molecule has 1 aromatic rings. The number of aromatic hydroxyl groups is 1. The van der Waals surface area contributed by atoms with Crippen LogP contribution in [0.2, 0.25) is 0 Å². The van der Waals surface area contributed by atoms with E-state index in [4.69, 9.17) is 5.73 Å². The maximum absolute atomic E-state index is 12.1. The predicted octanol–water partition coefficient (Wildman–Crippen LogP) is 2.42. The number of nitrogens with two attached hydrogens (primary N) is 1. The highest BCUT2D eigenvalue weighted by atomic mass is 79.9. The number of nitrogens with zero attached hydrogens (tertiary/aromatic N) is 1. The van der Waals surface area contributed by atoms with Crippen LogP contribution in [0.15, 0.2) is 16.6 Å². The SMILES string of the molecule is N[C@H](CCF)c1cc([N+](=O)[O-])cc(Br)c1O. The molecule has 0 amide bonds. The third kappa shape index (κ3) is 2.67. The fraction of sp³-hybridized carbons (Fsp3) is 0.333. The zero-order chi connectivity index (χ0) is 12.3. The lowest BCUT2D eigenvalue weighted by Crippen LogP contribution is -2.11. The van der Waals surface area contributed by atoms with E-state index in [9.17, 15) is 19.6 Å². The second kappa shape index (κ2) is 5.22. The van der Waals surface area contributed by atoms with E-state index >= 15 is 0 Å². The average molecular weight is 293 g/mol. The van der Waals surface area contributed by atoms with E-state index in [1.54, 1.807) is 0 Å². The molecule has 1 atom stereocenters. The molecule has 16 heavy (non-hydrogen) atoms. The van der Waals surface area contributed by atoms with Gasteiger partial charge in [-0.3, -0.25) is 14.5 Å². The van der Waals surface area contributed by atoms with Gasteiger partial charge in [0.05, 0.1) is 16.1 Å². The molecule has 0 saturated carbocycles. The van der Waals surface area contributed by atoms with Crippen LogP contribution in [0, 0.1) is 10.1 Å². The summed E-state index contributed by atoms with van der Waals surface area (Å²) in [5.41, 5.74) is 5.57. The van der Waals surface area contributed by atoms with Crippen molar-refractivity contribution >= 4 is 21.6 Å². The zero-order valence-electron chi connectivity index (χ0n) is 8.19. The number of halogens is 2. The summed E-state index contributed by atoms with van der Waals surface area (Å²) in [6.45, 7) is -0.652. The van der Waals surface area contributed by atoms with Crippen molar-refractivity contribution in [3.63, 3.8) is 0 Å². The molecule has 0 radical (unpaired) electrons. The maximum Gasteiger partial charge on any atom is 0.271 e. The Bertz CT molecular complexity index is 414. The lowest BCUT2D eigenvalue weighted by atomic mass is 10.0. The first-order chi connectivity index (χ1) is 7.47. The van der Waals surface area contributed by atoms with Gasteiger partial charge in [0, 0.05) is 23.7 Å². The lowest BCUT2D eigenvalue weighted by Gasteiger charge is -2.12. The molecule has 5 nitrogen and oxygen atoms in total. The summed E-state index contributed by atoms with van der Waals surface area (Å²) in [7, 11) is 0. The standard InChI is InChI=1S/C9H10BrFN2O3/c10-7-4-5(13(15)16)3-6(9(7)14)8(12)1-2-11/h3-4,8,14H,1-2,12H2/t8-/m1/s1. The van der Waals surface area contributed by atoms with Crippen LogP contribution in [-0.4, -0.2) is 16.7 Å². The van der Waals surface area contributed by atoms with E-state index < -0.39 is 17.6 Å². The summed E-state index contributed by atoms with van der Waals surface area (Å²) in [5, 5.41) is 20.2. The van der Waals surface area contributed by atoms with Crippen LogP contribution in [0.25, 0.3) is 0 Å². The molecule has 0 aromatic heterocycles. The molecule has 0 unspecified atom stereocenters. The highest BCUT2D eigenvalue weighted by Gasteiger charge is 2.19. The minimum atomic E-state index is -0.763. The largest absolute Gasteiger partial charge is 0.506 e. The van der Waals surface area contributed by atoms with Crippen LogP contribution in [0.5, 0.6) is 5.75 Å². The smallest absolute Gasteiger partial charge is 0.271 e. The van der Waals surface area contributed by atoms with Gasteiger partial charge in [-0.2, -0.15) is 0 Å². The van der Waals surface area contributed by atoms with Crippen LogP contribution in [0.4, 0.5) is 10.1 Å². The van der Waals surface area contributed by atoms with E-state index in [2.05, 4.69) is 15.9 Å². The summed E-state index contributed by atoms with van der Waals surface area (Å²) < 4.78 is 12.3. The van der Waals surface area contributed by atoms with Crippen LogP contribution in [-0.2, 0) is 0 Å². The first-order valence-corrected chi connectivity index (χ1v) is 5.25. The molecule has 1 aromatic carbocycles. The zero-order valence-corrected chi connectivity index (χ0v) is 9.78. The molecule has 0 spiro atoms. The molecule has 0 aliphatic carbocycles. The van der Waals surface area contributed by atoms with Crippen molar-refractivity contribution in [1.82, 2.24) is 0 Å². The van der Waals surface area contributed by atoms with Gasteiger partial charge in [0.1, 0.15) is 5.75 Å². The summed E-state index contributed by atoms with van der Waals surface area (Å²) in [5.74, 6) is -0.188. The minimum Gasteiger partial charge on any atom is -0.506 e. The number of phenols is 1. The normalized spacial score (nSPS) is 12.4. The van der Waals surface area contributed by atoms with Crippen LogP contribution in [0.1, 0.15) is 18.0 Å². The Morgan fingerprint density at radius 2 is 2.25 bits per heavy atom. The van der Waals surface area contributed by atoms with Crippen molar-refractivity contribution in [3.05, 3.63) is 32.3 Å². The third-order valence-corrected chi connectivity index (χ3v) is 2.71. The second-order valence-corrected chi connectivity index (χ2v) is 4.06. The molecule has 0 aliphatic rings. The molecule has 0 aliphatic heterocycles. The first kappa shape index (κ1) is 12.9. The van der Waals surface area contributed by atoms with Crippen molar-refractivity contribution < 1.29 is 14.4 Å². The van der Waals surface area contributed by atoms with E-state index in [0.29, 0.717) is 0 Å². The Balaban J connectivity index is 3.21. The van der Waals surface area contributed by atoms with Crippen LogP contribution in [0.3, 0.4) is 0 Å². The molecule has 7 heteroatoms. The van der Waals surface area contributed by atoms with Gasteiger partial charge in [-0.15, -0.1) is 0 Å². The maximum atomic E-state index is 12.1. The molecule has 0 heterocycles. The summed E-state index contributed by atoms with van der Waals surface area (Å²) in [6.07, 6.45) is 0.00116. The quantitative estimate of drug-likeness (QED) is 0.659. The van der Waals surface area contributed by atoms with Gasteiger partial charge in [-0.1, -0.05) is 0 Å². The number of benzene rings is 1. The number of nitro groups is 1. The number of nitro benzene ring substituents is 1. The molecule has 3 N–H and O–H groups in total. The number of alkyl halides is 1. The Kier molecular flexibility index (Phi) is 4.19. The summed E-state index contributed by atoms with van der Waals surface area (Å²) in [6, 6.07) is 1.56. The van der Waals surface area contributed by atoms with E-state index in [1.165, 1.54) is 6.07 Å². The number of hydrogen-bond acceptors (Lipinski definition) is 4. The minimum absolute atomic E-state index is 0.00116. The van der Waals surface area contributed by atoms with Crippen molar-refractivity contribution in [2.45, 2.75) is 12.5 Å². The average Bonchev–Trinajstić information content (AvgIpc) is 2.21. The van der Waals surface area contributed by atoms with Crippen molar-refractivity contribution in [1.29, 1.82) is 0 Å². The lowest BCUT2D eigenvalue weighted by molar-refractivity contribution is -0.385. The fourth-order valence-corrected chi connectivity index (χ4v) is 1.73. The summed E-state index contributed by atoms with van der Waals surface area (Å²) in [4.78, 5) is 9.98. The van der Waals surface area contributed by atoms with Gasteiger partial charge in [0.25, 0.3) is 5.69 Å². The van der Waals surface area contributed by atoms with Crippen molar-refractivity contribution in [3.8, 4) is 5.75 Å². The number of non-ortho nitro benzene ring substituents is 1. The van der Waals surface area contributed by atoms with Gasteiger partial charge in [-0.05, 0) is 22.4 Å². The highest BCUT2D eigenvalue weighted by Crippen LogP contribution is 2.36. The Hall–Kier alpha value is -1.21. The highest BCUT2D eigenvalue weighted by molar-refractivity contribution is 9.10. The predicted molar refractivity (Wildman–Crippen MR) is 60.0 cm³/mol. The molecule has 0 saturated heterocycles. The monoisotopic (exact) mass is 292 g/mol. The number of phenolic OH excluding ortho intramolecular Hbond substituents is 1. The third-order valence-electron chi connectivity index (χ3n) is 2.11. The molecular formula is C9H10BrFN2O3. The van der Waals surface area contributed by atoms with Crippen molar-refractivity contribution in [2.75, 3.05) is 6.67 Å². The van der Waals surface area contributed by atoms with Gasteiger partial charge in [0.2, 0.25) is 0 Å². The Morgan fingerprint density at radius 3 is 2.75 bits per heavy atom. The molecule has 0 fully saturated rings. The Morgan fingerprint density at radius 1 is 1.62 bits per heavy atom. The summed E-state index contributed by atoms with van der Waals surface area (Å²) >= 11 is 2.98. The fourth-order valence-electron chi connectivity index (χ4n) is 1.27.